The molecule has 2 atom stereocenters. The summed E-state index contributed by atoms with van der Waals surface area (Å²) in [5, 5.41) is 0. The van der Waals surface area contributed by atoms with Crippen LogP contribution in [0.15, 0.2) is 102 Å². The molecule has 6 heteroatoms. The van der Waals surface area contributed by atoms with Crippen LogP contribution in [0.25, 0.3) is 5.57 Å². The number of rotatable bonds is 7. The minimum Gasteiger partial charge on any atom is -0.446 e. The van der Waals surface area contributed by atoms with E-state index in [1.54, 1.807) is 20.3 Å². The zero-order valence-electron chi connectivity index (χ0n) is 21.3. The van der Waals surface area contributed by atoms with Gasteiger partial charge in [0, 0.05) is 12.7 Å². The normalized spacial score (nSPS) is 13.5. The third-order valence-electron chi connectivity index (χ3n) is 5.41. The molecule has 0 saturated carbocycles. The number of oxazole rings is 1. The molecule has 0 radical (unpaired) electrons. The average molecular weight is 487 g/mol. The molecule has 1 aliphatic carbocycles. The number of aryl methyl sites for hydroxylation is 1. The second-order valence-corrected chi connectivity index (χ2v) is 8.04. The van der Waals surface area contributed by atoms with Crippen molar-refractivity contribution in [3.8, 4) is 0 Å². The van der Waals surface area contributed by atoms with Crippen LogP contribution in [0.2, 0.25) is 0 Å². The van der Waals surface area contributed by atoms with Crippen LogP contribution in [0.1, 0.15) is 55.1 Å². The number of carbonyl (C=O) groups is 2. The van der Waals surface area contributed by atoms with Gasteiger partial charge in [0.05, 0.1) is 6.04 Å². The lowest BCUT2D eigenvalue weighted by molar-refractivity contribution is -0.131. The third-order valence-corrected chi connectivity index (χ3v) is 5.41. The number of amides is 2. The Morgan fingerprint density at radius 1 is 0.972 bits per heavy atom. The standard InChI is InChI=1S/C13H15NO2.C10H11NO2.C7H8/c1-10(15-2)13-14-12(9-16-13)11-7-5-3-4-6-8-11;1-9(11(7-12)8-13)10-5-3-2-4-6-10;1-7-5-3-2-4-6-7/h3,5-10H,4H2,1-2H3;2-9H,1H3;2-6H,1H3. The number of methoxy groups -OCH3 is 1. The molecular weight excluding hydrogens is 452 g/mol. The minimum atomic E-state index is -0.198. The van der Waals surface area contributed by atoms with Crippen molar-refractivity contribution in [2.75, 3.05) is 7.11 Å². The Kier molecular flexibility index (Phi) is 12.4. The number of aromatic nitrogens is 1. The third kappa shape index (κ3) is 9.31. The highest BCUT2D eigenvalue weighted by atomic mass is 16.5. The van der Waals surface area contributed by atoms with Gasteiger partial charge < -0.3 is 9.15 Å². The number of hydrogen-bond donors (Lipinski definition) is 0. The van der Waals surface area contributed by atoms with E-state index in [-0.39, 0.29) is 12.1 Å². The van der Waals surface area contributed by atoms with Crippen molar-refractivity contribution in [2.45, 2.75) is 39.3 Å². The Bertz CT molecular complexity index is 1130. The van der Waals surface area contributed by atoms with Crippen molar-refractivity contribution < 1.29 is 18.7 Å². The minimum absolute atomic E-state index is 0.111. The Morgan fingerprint density at radius 3 is 2.17 bits per heavy atom. The predicted octanol–water partition coefficient (Wildman–Crippen LogP) is 6.64. The maximum absolute atomic E-state index is 10.4. The molecule has 1 aliphatic rings. The van der Waals surface area contributed by atoms with Crippen molar-refractivity contribution >= 4 is 18.4 Å². The smallest absolute Gasteiger partial charge is 0.223 e. The first-order valence-electron chi connectivity index (χ1n) is 11.8. The van der Waals surface area contributed by atoms with Crippen molar-refractivity contribution in [1.29, 1.82) is 0 Å². The number of imide groups is 1. The van der Waals surface area contributed by atoms with E-state index in [2.05, 4.69) is 42.3 Å². The predicted molar refractivity (Wildman–Crippen MR) is 143 cm³/mol. The second-order valence-electron chi connectivity index (χ2n) is 8.04. The van der Waals surface area contributed by atoms with Gasteiger partial charge in [0.2, 0.25) is 18.7 Å². The van der Waals surface area contributed by atoms with Gasteiger partial charge in [-0.3, -0.25) is 14.5 Å². The van der Waals surface area contributed by atoms with E-state index < -0.39 is 0 Å². The Balaban J connectivity index is 0.000000204. The van der Waals surface area contributed by atoms with E-state index in [1.807, 2.05) is 67.6 Å². The molecule has 0 N–H and O–H groups in total. The fraction of sp³-hybridized carbons (Fsp3) is 0.233. The fourth-order valence-electron chi connectivity index (χ4n) is 3.10. The molecule has 2 unspecified atom stereocenters. The van der Waals surface area contributed by atoms with Crippen molar-refractivity contribution in [2.24, 2.45) is 0 Å². The first-order chi connectivity index (χ1) is 17.5. The van der Waals surface area contributed by atoms with E-state index in [9.17, 15) is 9.59 Å². The Morgan fingerprint density at radius 2 is 1.61 bits per heavy atom. The van der Waals surface area contributed by atoms with E-state index in [0.29, 0.717) is 18.7 Å². The first kappa shape index (κ1) is 28.2. The lowest BCUT2D eigenvalue weighted by Crippen LogP contribution is -2.23. The summed E-state index contributed by atoms with van der Waals surface area (Å²) in [5.41, 5.74) is 4.18. The van der Waals surface area contributed by atoms with Crippen LogP contribution in [-0.4, -0.2) is 29.8 Å². The number of ether oxygens (including phenoxy) is 1. The number of carbonyl (C=O) groups excluding carboxylic acids is 2. The molecule has 0 aliphatic heterocycles. The molecule has 2 amide bonds. The molecule has 188 valence electrons. The number of allylic oxidation sites excluding steroid dienone is 6. The molecule has 1 aromatic heterocycles. The summed E-state index contributed by atoms with van der Waals surface area (Å²) in [5.74, 6) is 0.611. The maximum atomic E-state index is 10.4. The highest BCUT2D eigenvalue weighted by Crippen LogP contribution is 2.21. The summed E-state index contributed by atoms with van der Waals surface area (Å²) in [6, 6.07) is 19.5. The highest BCUT2D eigenvalue weighted by molar-refractivity contribution is 5.73. The molecule has 2 aromatic carbocycles. The van der Waals surface area contributed by atoms with Gasteiger partial charge in [-0.25, -0.2) is 4.98 Å². The molecule has 3 aromatic rings. The van der Waals surface area contributed by atoms with Gasteiger partial charge in [-0.2, -0.15) is 0 Å². The molecule has 6 nitrogen and oxygen atoms in total. The highest BCUT2D eigenvalue weighted by Gasteiger charge is 2.13. The van der Waals surface area contributed by atoms with E-state index >= 15 is 0 Å². The van der Waals surface area contributed by atoms with Crippen molar-refractivity contribution in [3.63, 3.8) is 0 Å². The monoisotopic (exact) mass is 486 g/mol. The molecule has 0 fully saturated rings. The summed E-state index contributed by atoms with van der Waals surface area (Å²) in [6.07, 6.45) is 13.9. The molecular formula is C30H34N2O4. The van der Waals surface area contributed by atoms with Gasteiger partial charge in [0.15, 0.2) is 0 Å². The topological polar surface area (TPSA) is 72.6 Å². The van der Waals surface area contributed by atoms with E-state index in [0.717, 1.165) is 28.2 Å². The first-order valence-corrected chi connectivity index (χ1v) is 11.8. The molecule has 0 bridgehead atoms. The summed E-state index contributed by atoms with van der Waals surface area (Å²) in [6.45, 7) is 5.80. The lowest BCUT2D eigenvalue weighted by atomic mass is 10.1. The van der Waals surface area contributed by atoms with Crippen LogP contribution in [0.4, 0.5) is 0 Å². The number of benzene rings is 2. The van der Waals surface area contributed by atoms with Crippen molar-refractivity contribution in [3.05, 3.63) is 120 Å². The second kappa shape index (κ2) is 15.8. The SMILES string of the molecule is CC(c1ccccc1)N(C=O)C=O.COC(C)c1nc(C2=CC=CCC=C2)co1.Cc1ccccc1. The summed E-state index contributed by atoms with van der Waals surface area (Å²) < 4.78 is 10.5. The van der Waals surface area contributed by atoms with Gasteiger partial charge >= 0.3 is 0 Å². The number of hydrogen-bond acceptors (Lipinski definition) is 5. The van der Waals surface area contributed by atoms with Gasteiger partial charge in [-0.05, 0) is 32.8 Å². The molecule has 1 heterocycles. The molecule has 0 spiro atoms. The summed E-state index contributed by atoms with van der Waals surface area (Å²) >= 11 is 0. The van der Waals surface area contributed by atoms with E-state index in [1.165, 1.54) is 5.56 Å². The molecule has 36 heavy (non-hydrogen) atoms. The quantitative estimate of drug-likeness (QED) is 0.350. The fourth-order valence-corrected chi connectivity index (χ4v) is 3.10. The largest absolute Gasteiger partial charge is 0.446 e. The zero-order chi connectivity index (χ0) is 26.2. The summed E-state index contributed by atoms with van der Waals surface area (Å²) in [4.78, 5) is 26.4. The van der Waals surface area contributed by atoms with Gasteiger partial charge in [0.1, 0.15) is 18.1 Å². The van der Waals surface area contributed by atoms with Gasteiger partial charge in [0.25, 0.3) is 0 Å². The van der Waals surface area contributed by atoms with Crippen LogP contribution in [0, 0.1) is 6.92 Å². The van der Waals surface area contributed by atoms with Crippen LogP contribution in [0.3, 0.4) is 0 Å². The maximum Gasteiger partial charge on any atom is 0.223 e. The molecule has 0 saturated heterocycles. The van der Waals surface area contributed by atoms with Crippen LogP contribution < -0.4 is 0 Å². The van der Waals surface area contributed by atoms with Crippen LogP contribution in [0.5, 0.6) is 0 Å². The Hall–Kier alpha value is -4.03. The van der Waals surface area contributed by atoms with E-state index in [4.69, 9.17) is 9.15 Å². The average Bonchev–Trinajstić information content (AvgIpc) is 3.26. The van der Waals surface area contributed by atoms with Crippen LogP contribution in [-0.2, 0) is 14.3 Å². The lowest BCUT2D eigenvalue weighted by Gasteiger charge is -2.18. The van der Waals surface area contributed by atoms with Gasteiger partial charge in [-0.1, -0.05) is 96.6 Å². The molecule has 4 rings (SSSR count). The van der Waals surface area contributed by atoms with Crippen molar-refractivity contribution in [1.82, 2.24) is 9.88 Å². The number of nitrogens with zero attached hydrogens (tertiary/aromatic N) is 2. The zero-order valence-corrected chi connectivity index (χ0v) is 21.3. The Labute approximate surface area is 213 Å². The van der Waals surface area contributed by atoms with Crippen LogP contribution >= 0.6 is 0 Å². The van der Waals surface area contributed by atoms with Gasteiger partial charge in [-0.15, -0.1) is 0 Å². The summed E-state index contributed by atoms with van der Waals surface area (Å²) in [7, 11) is 1.64.